The molecule has 1 aliphatic rings. The average Bonchev–Trinajstić information content (AvgIpc) is 2.37. The lowest BCUT2D eigenvalue weighted by Gasteiger charge is -2.23. The average molecular weight is 290 g/mol. The summed E-state index contributed by atoms with van der Waals surface area (Å²) in [5.41, 5.74) is 5.01. The molecule has 2 nitrogen and oxygen atoms in total. The summed E-state index contributed by atoms with van der Waals surface area (Å²) < 4.78 is 38.7. The first-order chi connectivity index (χ1) is 8.97. The maximum absolute atomic E-state index is 12.9. The molecule has 3 N–H and O–H groups in total. The highest BCUT2D eigenvalue weighted by Gasteiger charge is 2.33. The van der Waals surface area contributed by atoms with Gasteiger partial charge in [-0.25, -0.2) is 0 Å². The first kappa shape index (κ1) is 14.4. The molecule has 0 saturated carbocycles. The third-order valence-electron chi connectivity index (χ3n) is 3.27. The maximum atomic E-state index is 12.9. The van der Waals surface area contributed by atoms with E-state index >= 15 is 0 Å². The molecule has 1 aromatic rings. The van der Waals surface area contributed by atoms with Crippen molar-refractivity contribution in [1.29, 1.82) is 0 Å². The Morgan fingerprint density at radius 2 is 1.95 bits per heavy atom. The normalized spacial score (nSPS) is 17.4. The van der Waals surface area contributed by atoms with Crippen LogP contribution >= 0.6 is 11.8 Å². The van der Waals surface area contributed by atoms with Crippen LogP contribution in [0.4, 0.5) is 24.5 Å². The fraction of sp³-hybridized carbons (Fsp3) is 0.538. The number of alkyl halides is 3. The van der Waals surface area contributed by atoms with Gasteiger partial charge in [0.15, 0.2) is 0 Å². The summed E-state index contributed by atoms with van der Waals surface area (Å²) in [7, 11) is 0. The molecule has 106 valence electrons. The number of benzene rings is 1. The van der Waals surface area contributed by atoms with Gasteiger partial charge in [0.2, 0.25) is 0 Å². The molecule has 2 rings (SSSR count). The molecular weight excluding hydrogens is 273 g/mol. The van der Waals surface area contributed by atoms with Gasteiger partial charge in [-0.2, -0.15) is 24.9 Å². The largest absolute Gasteiger partial charge is 0.418 e. The third kappa shape index (κ3) is 3.96. The Kier molecular flexibility index (Phi) is 4.50. The number of hydrogen-bond acceptors (Lipinski definition) is 3. The zero-order valence-electron chi connectivity index (χ0n) is 10.5. The Morgan fingerprint density at radius 3 is 2.58 bits per heavy atom. The summed E-state index contributed by atoms with van der Waals surface area (Å²) in [6.07, 6.45) is -2.25. The van der Waals surface area contributed by atoms with E-state index in [9.17, 15) is 13.2 Å². The molecule has 1 saturated heterocycles. The number of nitrogens with one attached hydrogen (secondary N) is 1. The predicted octanol–water partition coefficient (Wildman–Crippen LogP) is 3.84. The molecule has 0 spiro atoms. The Balaban J connectivity index is 2.06. The SMILES string of the molecule is Nc1ccc(NCC2CCSCC2)c(C(F)(F)F)c1. The molecule has 0 unspecified atom stereocenters. The van der Waals surface area contributed by atoms with E-state index in [0.29, 0.717) is 12.5 Å². The van der Waals surface area contributed by atoms with Crippen molar-refractivity contribution in [3.05, 3.63) is 23.8 Å². The molecule has 0 amide bonds. The van der Waals surface area contributed by atoms with Crippen molar-refractivity contribution in [2.24, 2.45) is 5.92 Å². The fourth-order valence-electron chi connectivity index (χ4n) is 2.16. The van der Waals surface area contributed by atoms with Gasteiger partial charge in [-0.15, -0.1) is 0 Å². The van der Waals surface area contributed by atoms with Crippen LogP contribution in [0.25, 0.3) is 0 Å². The third-order valence-corrected chi connectivity index (χ3v) is 4.32. The molecule has 6 heteroatoms. The summed E-state index contributed by atoms with van der Waals surface area (Å²) in [6.45, 7) is 0.591. The van der Waals surface area contributed by atoms with Crippen molar-refractivity contribution in [3.8, 4) is 0 Å². The lowest BCUT2D eigenvalue weighted by atomic mass is 10.0. The second-order valence-electron chi connectivity index (χ2n) is 4.74. The van der Waals surface area contributed by atoms with E-state index in [0.717, 1.165) is 30.4 Å². The van der Waals surface area contributed by atoms with Gasteiger partial charge >= 0.3 is 6.18 Å². The molecule has 1 aromatic carbocycles. The van der Waals surface area contributed by atoms with Crippen molar-refractivity contribution in [1.82, 2.24) is 0 Å². The summed E-state index contributed by atoms with van der Waals surface area (Å²) >= 11 is 1.91. The van der Waals surface area contributed by atoms with Gasteiger partial charge in [-0.3, -0.25) is 0 Å². The number of nitrogen functional groups attached to an aromatic ring is 1. The minimum Gasteiger partial charge on any atom is -0.399 e. The van der Waals surface area contributed by atoms with Gasteiger partial charge in [-0.1, -0.05) is 0 Å². The van der Waals surface area contributed by atoms with Crippen molar-refractivity contribution in [2.75, 3.05) is 29.1 Å². The van der Waals surface area contributed by atoms with Crippen molar-refractivity contribution in [2.45, 2.75) is 19.0 Å². The minimum absolute atomic E-state index is 0.125. The maximum Gasteiger partial charge on any atom is 0.418 e. The zero-order valence-corrected chi connectivity index (χ0v) is 11.3. The molecule has 1 heterocycles. The highest BCUT2D eigenvalue weighted by molar-refractivity contribution is 7.99. The summed E-state index contributed by atoms with van der Waals surface area (Å²) in [6, 6.07) is 3.89. The van der Waals surface area contributed by atoms with Gasteiger partial charge < -0.3 is 11.1 Å². The minimum atomic E-state index is -4.37. The predicted molar refractivity (Wildman–Crippen MR) is 74.4 cm³/mol. The summed E-state index contributed by atoms with van der Waals surface area (Å²) in [5.74, 6) is 2.65. The fourth-order valence-corrected chi connectivity index (χ4v) is 3.36. The quantitative estimate of drug-likeness (QED) is 0.831. The van der Waals surface area contributed by atoms with Crippen LogP contribution in [0.2, 0.25) is 0 Å². The highest BCUT2D eigenvalue weighted by Crippen LogP contribution is 2.36. The lowest BCUT2D eigenvalue weighted by Crippen LogP contribution is -2.20. The standard InChI is InChI=1S/C13H17F3N2S/c14-13(15,16)11-7-10(17)1-2-12(11)18-8-9-3-5-19-6-4-9/h1-2,7,9,18H,3-6,8,17H2. The molecule has 0 aliphatic carbocycles. The Hall–Kier alpha value is -1.04. The van der Waals surface area contributed by atoms with Gasteiger partial charge in [0.05, 0.1) is 5.56 Å². The second kappa shape index (κ2) is 5.94. The molecule has 1 aliphatic heterocycles. The van der Waals surface area contributed by atoms with Gasteiger partial charge in [0, 0.05) is 17.9 Å². The molecular formula is C13H17F3N2S. The molecule has 0 aromatic heterocycles. The van der Waals surface area contributed by atoms with Crippen LogP contribution < -0.4 is 11.1 Å². The van der Waals surface area contributed by atoms with Crippen LogP contribution in [0.1, 0.15) is 18.4 Å². The van der Waals surface area contributed by atoms with Crippen LogP contribution in [0.5, 0.6) is 0 Å². The van der Waals surface area contributed by atoms with Gasteiger partial charge in [0.25, 0.3) is 0 Å². The summed E-state index contributed by atoms with van der Waals surface area (Å²) in [5, 5.41) is 2.93. The van der Waals surface area contributed by atoms with Crippen LogP contribution in [-0.2, 0) is 6.18 Å². The monoisotopic (exact) mass is 290 g/mol. The van der Waals surface area contributed by atoms with E-state index in [1.807, 2.05) is 11.8 Å². The van der Waals surface area contributed by atoms with E-state index in [2.05, 4.69) is 5.32 Å². The van der Waals surface area contributed by atoms with Crippen molar-refractivity contribution in [3.63, 3.8) is 0 Å². The van der Waals surface area contributed by atoms with Crippen LogP contribution in [-0.4, -0.2) is 18.1 Å². The Morgan fingerprint density at radius 1 is 1.26 bits per heavy atom. The Labute approximate surface area is 114 Å². The van der Waals surface area contributed by atoms with Gasteiger partial charge in [-0.05, 0) is 48.5 Å². The first-order valence-corrected chi connectivity index (χ1v) is 7.40. The van der Waals surface area contributed by atoms with Crippen LogP contribution in [0.3, 0.4) is 0 Å². The van der Waals surface area contributed by atoms with E-state index in [4.69, 9.17) is 5.73 Å². The number of hydrogen-bond donors (Lipinski definition) is 2. The molecule has 0 atom stereocenters. The van der Waals surface area contributed by atoms with E-state index in [1.165, 1.54) is 12.1 Å². The van der Waals surface area contributed by atoms with Crippen LogP contribution in [0.15, 0.2) is 18.2 Å². The number of thioether (sulfide) groups is 1. The lowest BCUT2D eigenvalue weighted by molar-refractivity contribution is -0.136. The second-order valence-corrected chi connectivity index (χ2v) is 5.96. The summed E-state index contributed by atoms with van der Waals surface area (Å²) in [4.78, 5) is 0. The highest BCUT2D eigenvalue weighted by atomic mass is 32.2. The number of rotatable bonds is 3. The van der Waals surface area contributed by atoms with Crippen molar-refractivity contribution >= 4 is 23.1 Å². The zero-order chi connectivity index (χ0) is 13.9. The van der Waals surface area contributed by atoms with Gasteiger partial charge in [0.1, 0.15) is 0 Å². The molecule has 1 fully saturated rings. The molecule has 0 bridgehead atoms. The Bertz CT molecular complexity index is 428. The first-order valence-electron chi connectivity index (χ1n) is 6.25. The number of nitrogens with two attached hydrogens (primary N) is 1. The smallest absolute Gasteiger partial charge is 0.399 e. The number of anilines is 2. The van der Waals surface area contributed by atoms with E-state index < -0.39 is 11.7 Å². The topological polar surface area (TPSA) is 38.0 Å². The molecule has 19 heavy (non-hydrogen) atoms. The van der Waals surface area contributed by atoms with E-state index in [-0.39, 0.29) is 11.4 Å². The van der Waals surface area contributed by atoms with E-state index in [1.54, 1.807) is 0 Å². The van der Waals surface area contributed by atoms with Crippen LogP contribution in [0, 0.1) is 5.92 Å². The molecule has 0 radical (unpaired) electrons. The van der Waals surface area contributed by atoms with Crippen molar-refractivity contribution < 1.29 is 13.2 Å². The number of halogens is 3.